The van der Waals surface area contributed by atoms with E-state index in [0.717, 1.165) is 12.8 Å². The van der Waals surface area contributed by atoms with Gasteiger partial charge >= 0.3 is 5.97 Å². The van der Waals surface area contributed by atoms with Crippen molar-refractivity contribution >= 4 is 5.97 Å². The molecule has 4 nitrogen and oxygen atoms in total. The number of carbonyl (C=O) groups is 1. The molecule has 0 amide bonds. The van der Waals surface area contributed by atoms with Gasteiger partial charge in [0.1, 0.15) is 0 Å². The van der Waals surface area contributed by atoms with Gasteiger partial charge in [0.05, 0.1) is 12.8 Å². The Bertz CT molecular complexity index is 116. The van der Waals surface area contributed by atoms with Gasteiger partial charge in [-0.15, -0.1) is 0 Å². The molecule has 80 valence electrons. The van der Waals surface area contributed by atoms with E-state index in [1.54, 1.807) is 6.92 Å². The molecule has 0 fully saturated rings. The summed E-state index contributed by atoms with van der Waals surface area (Å²) in [7, 11) is 0. The lowest BCUT2D eigenvalue weighted by atomic mass is 10.2. The molecule has 0 aliphatic rings. The van der Waals surface area contributed by atoms with Gasteiger partial charge in [0, 0.05) is 6.92 Å². The average molecular weight is 190 g/mol. The maximum atomic E-state index is 9.82. The molecule has 0 aromatic rings. The topological polar surface area (TPSA) is 78.3 Å². The molecule has 0 aliphatic carbocycles. The van der Waals surface area contributed by atoms with Gasteiger partial charge in [-0.05, 0) is 13.3 Å². The molecule has 0 radical (unpaired) electrons. The SMILES string of the molecule is CCCCC(N)N.CCOC(C)=O. The fraction of sp³-hybridized carbons (Fsp3) is 0.889. The first-order valence-electron chi connectivity index (χ1n) is 4.69. The molecule has 0 heterocycles. The Morgan fingerprint density at radius 2 is 1.92 bits per heavy atom. The molecule has 4 N–H and O–H groups in total. The van der Waals surface area contributed by atoms with Crippen LogP contribution in [-0.4, -0.2) is 18.7 Å². The summed E-state index contributed by atoms with van der Waals surface area (Å²) in [5.41, 5.74) is 10.5. The lowest BCUT2D eigenvalue weighted by Crippen LogP contribution is -2.29. The van der Waals surface area contributed by atoms with Crippen LogP contribution in [0.25, 0.3) is 0 Å². The summed E-state index contributed by atoms with van der Waals surface area (Å²) in [5, 5.41) is 0. The molecule has 0 bridgehead atoms. The minimum atomic E-state index is -0.211. The molecule has 0 aromatic heterocycles. The monoisotopic (exact) mass is 190 g/mol. The molecular weight excluding hydrogens is 168 g/mol. The third kappa shape index (κ3) is 24.6. The van der Waals surface area contributed by atoms with Crippen molar-refractivity contribution in [2.45, 2.75) is 46.2 Å². The summed E-state index contributed by atoms with van der Waals surface area (Å²) in [5.74, 6) is -0.211. The predicted molar refractivity (Wildman–Crippen MR) is 54.0 cm³/mol. The number of hydrogen-bond donors (Lipinski definition) is 2. The van der Waals surface area contributed by atoms with E-state index in [2.05, 4.69) is 11.7 Å². The Hall–Kier alpha value is -0.610. The Labute approximate surface area is 80.6 Å². The van der Waals surface area contributed by atoms with Crippen LogP contribution in [0.1, 0.15) is 40.0 Å². The van der Waals surface area contributed by atoms with Crippen LogP contribution >= 0.6 is 0 Å². The van der Waals surface area contributed by atoms with Crippen LogP contribution in [0.3, 0.4) is 0 Å². The highest BCUT2D eigenvalue weighted by Crippen LogP contribution is 1.91. The van der Waals surface area contributed by atoms with E-state index in [1.165, 1.54) is 13.3 Å². The largest absolute Gasteiger partial charge is 0.466 e. The molecule has 0 rings (SSSR count). The Kier molecular flexibility index (Phi) is 13.0. The van der Waals surface area contributed by atoms with Gasteiger partial charge in [-0.1, -0.05) is 19.8 Å². The van der Waals surface area contributed by atoms with E-state index in [4.69, 9.17) is 11.5 Å². The Balaban J connectivity index is 0. The van der Waals surface area contributed by atoms with E-state index >= 15 is 0 Å². The minimum Gasteiger partial charge on any atom is -0.466 e. The molecule has 0 aromatic carbocycles. The summed E-state index contributed by atoms with van der Waals surface area (Å²) in [6.45, 7) is 5.78. The lowest BCUT2D eigenvalue weighted by molar-refractivity contribution is -0.140. The van der Waals surface area contributed by atoms with Crippen molar-refractivity contribution in [2.75, 3.05) is 6.61 Å². The van der Waals surface area contributed by atoms with Crippen LogP contribution in [0.15, 0.2) is 0 Å². The van der Waals surface area contributed by atoms with Gasteiger partial charge in [-0.2, -0.15) is 0 Å². The van der Waals surface area contributed by atoms with Crippen LogP contribution in [0.4, 0.5) is 0 Å². The van der Waals surface area contributed by atoms with Gasteiger partial charge in [-0.3, -0.25) is 4.79 Å². The Morgan fingerprint density at radius 1 is 1.38 bits per heavy atom. The van der Waals surface area contributed by atoms with Gasteiger partial charge in [-0.25, -0.2) is 0 Å². The maximum absolute atomic E-state index is 9.82. The van der Waals surface area contributed by atoms with Crippen molar-refractivity contribution in [3.05, 3.63) is 0 Å². The van der Waals surface area contributed by atoms with Crippen molar-refractivity contribution in [3.63, 3.8) is 0 Å². The van der Waals surface area contributed by atoms with Gasteiger partial charge in [0.2, 0.25) is 0 Å². The third-order valence-electron chi connectivity index (χ3n) is 1.24. The summed E-state index contributed by atoms with van der Waals surface area (Å²) < 4.78 is 4.40. The summed E-state index contributed by atoms with van der Waals surface area (Å²) in [6, 6.07) is 0. The number of unbranched alkanes of at least 4 members (excludes halogenated alkanes) is 1. The van der Waals surface area contributed by atoms with E-state index in [0.29, 0.717) is 6.61 Å². The summed E-state index contributed by atoms with van der Waals surface area (Å²) >= 11 is 0. The smallest absolute Gasteiger partial charge is 0.302 e. The number of esters is 1. The molecule has 0 saturated heterocycles. The van der Waals surface area contributed by atoms with Crippen LogP contribution in [0.2, 0.25) is 0 Å². The number of ether oxygens (including phenoxy) is 1. The van der Waals surface area contributed by atoms with Gasteiger partial charge in [0.15, 0.2) is 0 Å². The van der Waals surface area contributed by atoms with Crippen molar-refractivity contribution in [2.24, 2.45) is 11.5 Å². The second-order valence-electron chi connectivity index (χ2n) is 2.73. The molecule has 0 atom stereocenters. The van der Waals surface area contributed by atoms with Crippen molar-refractivity contribution in [1.82, 2.24) is 0 Å². The minimum absolute atomic E-state index is 0.0973. The van der Waals surface area contributed by atoms with Crippen molar-refractivity contribution in [3.8, 4) is 0 Å². The zero-order valence-electron chi connectivity index (χ0n) is 8.88. The van der Waals surface area contributed by atoms with E-state index in [9.17, 15) is 4.79 Å². The fourth-order valence-corrected chi connectivity index (χ4v) is 0.643. The van der Waals surface area contributed by atoms with E-state index in [1.807, 2.05) is 0 Å². The molecule has 4 heteroatoms. The number of carbonyl (C=O) groups excluding carboxylic acids is 1. The van der Waals surface area contributed by atoms with E-state index in [-0.39, 0.29) is 12.1 Å². The van der Waals surface area contributed by atoms with Gasteiger partial charge < -0.3 is 16.2 Å². The molecule has 0 unspecified atom stereocenters. The first kappa shape index (κ1) is 14.9. The number of hydrogen-bond acceptors (Lipinski definition) is 4. The highest BCUT2D eigenvalue weighted by molar-refractivity contribution is 5.65. The molecule has 13 heavy (non-hydrogen) atoms. The number of rotatable bonds is 4. The quantitative estimate of drug-likeness (QED) is 0.512. The zero-order valence-corrected chi connectivity index (χ0v) is 8.88. The van der Waals surface area contributed by atoms with Crippen LogP contribution < -0.4 is 11.5 Å². The second-order valence-corrected chi connectivity index (χ2v) is 2.73. The normalized spacial score (nSPS) is 9.08. The van der Waals surface area contributed by atoms with Crippen LogP contribution in [0.5, 0.6) is 0 Å². The standard InChI is InChI=1S/C5H14N2.C4H8O2/c1-2-3-4-5(6)7;1-3-6-4(2)5/h5H,2-4,6-7H2,1H3;3H2,1-2H3. The molecule has 0 spiro atoms. The van der Waals surface area contributed by atoms with Crippen LogP contribution in [-0.2, 0) is 9.53 Å². The molecule has 0 aliphatic heterocycles. The highest BCUT2D eigenvalue weighted by Gasteiger charge is 1.88. The Morgan fingerprint density at radius 3 is 2.00 bits per heavy atom. The van der Waals surface area contributed by atoms with E-state index < -0.39 is 0 Å². The summed E-state index contributed by atoms with van der Waals surface area (Å²) in [4.78, 5) is 9.82. The third-order valence-corrected chi connectivity index (χ3v) is 1.24. The first-order chi connectivity index (χ1) is 6.04. The lowest BCUT2D eigenvalue weighted by Gasteiger charge is -2.00. The molecule has 0 saturated carbocycles. The maximum Gasteiger partial charge on any atom is 0.302 e. The number of nitrogens with two attached hydrogens (primary N) is 2. The second kappa shape index (κ2) is 11.4. The first-order valence-corrected chi connectivity index (χ1v) is 4.69. The zero-order chi connectivity index (χ0) is 10.7. The fourth-order valence-electron chi connectivity index (χ4n) is 0.643. The predicted octanol–water partition coefficient (Wildman–Crippen LogP) is 0.989. The summed E-state index contributed by atoms with van der Waals surface area (Å²) in [6.07, 6.45) is 3.19. The van der Waals surface area contributed by atoms with Crippen molar-refractivity contribution < 1.29 is 9.53 Å². The average Bonchev–Trinajstić information content (AvgIpc) is 2.01. The van der Waals surface area contributed by atoms with Crippen molar-refractivity contribution in [1.29, 1.82) is 0 Å². The van der Waals surface area contributed by atoms with Crippen LogP contribution in [0, 0.1) is 0 Å². The van der Waals surface area contributed by atoms with Gasteiger partial charge in [0.25, 0.3) is 0 Å². The highest BCUT2D eigenvalue weighted by atomic mass is 16.5. The molecular formula is C9H22N2O2.